The summed E-state index contributed by atoms with van der Waals surface area (Å²) in [6.45, 7) is 7.42. The van der Waals surface area contributed by atoms with Crippen LogP contribution in [0.1, 0.15) is 39.4 Å². The summed E-state index contributed by atoms with van der Waals surface area (Å²) < 4.78 is 11.1. The lowest BCUT2D eigenvalue weighted by molar-refractivity contribution is 0.0932. The van der Waals surface area contributed by atoms with E-state index in [1.165, 1.54) is 0 Å². The standard InChI is InChI=1S/C18H23NO3/c1-13-14(2)22-15(3)17(13)18(20)19-10-7-11-21-12-16-8-5-4-6-9-16/h4-6,8-9H,7,10-12H2,1-3H3,(H,19,20). The Kier molecular flexibility index (Phi) is 5.78. The molecule has 1 aromatic carbocycles. The molecule has 0 spiro atoms. The number of benzene rings is 1. The number of ether oxygens (including phenoxy) is 1. The molecule has 2 rings (SSSR count). The number of nitrogens with one attached hydrogen (secondary N) is 1. The number of hydrogen-bond acceptors (Lipinski definition) is 3. The largest absolute Gasteiger partial charge is 0.466 e. The van der Waals surface area contributed by atoms with Gasteiger partial charge in [-0.25, -0.2) is 0 Å². The summed E-state index contributed by atoms with van der Waals surface area (Å²) in [4.78, 5) is 12.1. The summed E-state index contributed by atoms with van der Waals surface area (Å²) in [5.74, 6) is 1.40. The van der Waals surface area contributed by atoms with Gasteiger partial charge >= 0.3 is 0 Å². The van der Waals surface area contributed by atoms with Gasteiger partial charge in [-0.05, 0) is 32.8 Å². The van der Waals surface area contributed by atoms with Crippen molar-refractivity contribution in [2.45, 2.75) is 33.8 Å². The van der Waals surface area contributed by atoms with Crippen LogP contribution in [0.25, 0.3) is 0 Å². The molecule has 1 amide bonds. The summed E-state index contributed by atoms with van der Waals surface area (Å²) in [5, 5.41) is 2.91. The quantitative estimate of drug-likeness (QED) is 0.796. The average Bonchev–Trinajstić information content (AvgIpc) is 2.76. The number of amides is 1. The van der Waals surface area contributed by atoms with Crippen LogP contribution in [0.2, 0.25) is 0 Å². The van der Waals surface area contributed by atoms with E-state index in [1.54, 1.807) is 0 Å². The second-order valence-corrected chi connectivity index (χ2v) is 5.36. The molecular formula is C18H23NO3. The molecule has 0 aliphatic carbocycles. The molecule has 1 N–H and O–H groups in total. The Morgan fingerprint density at radius 1 is 1.14 bits per heavy atom. The molecule has 2 aromatic rings. The molecular weight excluding hydrogens is 278 g/mol. The third-order valence-electron chi connectivity index (χ3n) is 3.65. The van der Waals surface area contributed by atoms with E-state index in [-0.39, 0.29) is 5.91 Å². The van der Waals surface area contributed by atoms with Gasteiger partial charge in [0.1, 0.15) is 11.5 Å². The zero-order chi connectivity index (χ0) is 15.9. The molecule has 4 nitrogen and oxygen atoms in total. The van der Waals surface area contributed by atoms with Crippen LogP contribution < -0.4 is 5.32 Å². The Hall–Kier alpha value is -2.07. The van der Waals surface area contributed by atoms with E-state index in [2.05, 4.69) is 5.32 Å². The smallest absolute Gasteiger partial charge is 0.255 e. The highest BCUT2D eigenvalue weighted by Gasteiger charge is 2.17. The Morgan fingerprint density at radius 2 is 1.86 bits per heavy atom. The van der Waals surface area contributed by atoms with E-state index in [4.69, 9.17) is 9.15 Å². The Bertz CT molecular complexity index is 617. The number of furan rings is 1. The first kappa shape index (κ1) is 16.3. The van der Waals surface area contributed by atoms with Crippen molar-refractivity contribution in [2.24, 2.45) is 0 Å². The summed E-state index contributed by atoms with van der Waals surface area (Å²) in [6, 6.07) is 10.1. The van der Waals surface area contributed by atoms with Gasteiger partial charge in [0.2, 0.25) is 0 Å². The van der Waals surface area contributed by atoms with Crippen LogP contribution in [0.5, 0.6) is 0 Å². The van der Waals surface area contributed by atoms with E-state index in [0.29, 0.717) is 31.1 Å². The van der Waals surface area contributed by atoms with Gasteiger partial charge in [0.25, 0.3) is 5.91 Å². The van der Waals surface area contributed by atoms with Gasteiger partial charge in [0.05, 0.1) is 12.2 Å². The maximum atomic E-state index is 12.1. The monoisotopic (exact) mass is 301 g/mol. The SMILES string of the molecule is Cc1oc(C)c(C(=O)NCCCOCc2ccccc2)c1C. The highest BCUT2D eigenvalue weighted by Crippen LogP contribution is 2.20. The van der Waals surface area contributed by atoms with Crippen molar-refractivity contribution in [1.29, 1.82) is 0 Å². The molecule has 0 aliphatic heterocycles. The van der Waals surface area contributed by atoms with Crippen LogP contribution in [-0.2, 0) is 11.3 Å². The summed E-state index contributed by atoms with van der Waals surface area (Å²) >= 11 is 0. The van der Waals surface area contributed by atoms with E-state index < -0.39 is 0 Å². The predicted octanol–water partition coefficient (Wildman–Crippen LogP) is 3.54. The van der Waals surface area contributed by atoms with Gasteiger partial charge in [-0.3, -0.25) is 4.79 Å². The lowest BCUT2D eigenvalue weighted by atomic mass is 10.1. The van der Waals surface area contributed by atoms with Gasteiger partial charge in [0.15, 0.2) is 0 Å². The van der Waals surface area contributed by atoms with Crippen molar-refractivity contribution in [1.82, 2.24) is 5.32 Å². The van der Waals surface area contributed by atoms with Gasteiger partial charge in [-0.2, -0.15) is 0 Å². The highest BCUT2D eigenvalue weighted by atomic mass is 16.5. The normalized spacial score (nSPS) is 10.7. The van der Waals surface area contributed by atoms with Gasteiger partial charge in [0, 0.05) is 18.7 Å². The molecule has 0 saturated carbocycles. The number of aryl methyl sites for hydroxylation is 2. The van der Waals surface area contributed by atoms with Crippen molar-refractivity contribution >= 4 is 5.91 Å². The highest BCUT2D eigenvalue weighted by molar-refractivity contribution is 5.96. The fourth-order valence-electron chi connectivity index (χ4n) is 2.36. The van der Waals surface area contributed by atoms with Crippen LogP contribution in [0.15, 0.2) is 34.7 Å². The van der Waals surface area contributed by atoms with Crippen molar-refractivity contribution in [3.05, 3.63) is 58.5 Å². The molecule has 118 valence electrons. The minimum Gasteiger partial charge on any atom is -0.466 e. The first-order valence-electron chi connectivity index (χ1n) is 7.56. The lowest BCUT2D eigenvalue weighted by Gasteiger charge is -2.06. The molecule has 1 aromatic heterocycles. The maximum absolute atomic E-state index is 12.1. The Balaban J connectivity index is 1.67. The summed E-state index contributed by atoms with van der Waals surface area (Å²) in [6.07, 6.45) is 0.785. The molecule has 0 unspecified atom stereocenters. The number of carbonyl (C=O) groups is 1. The number of carbonyl (C=O) groups excluding carboxylic acids is 1. The fourth-order valence-corrected chi connectivity index (χ4v) is 2.36. The second-order valence-electron chi connectivity index (χ2n) is 5.36. The minimum atomic E-state index is -0.0742. The minimum absolute atomic E-state index is 0.0742. The molecule has 0 aliphatic rings. The predicted molar refractivity (Wildman–Crippen MR) is 86.0 cm³/mol. The van der Waals surface area contributed by atoms with Crippen LogP contribution in [0.3, 0.4) is 0 Å². The van der Waals surface area contributed by atoms with Crippen molar-refractivity contribution in [3.63, 3.8) is 0 Å². The zero-order valence-electron chi connectivity index (χ0n) is 13.4. The Labute approximate surface area is 131 Å². The Morgan fingerprint density at radius 3 is 2.50 bits per heavy atom. The number of rotatable bonds is 7. The molecule has 22 heavy (non-hydrogen) atoms. The third kappa shape index (κ3) is 4.21. The van der Waals surface area contributed by atoms with E-state index in [9.17, 15) is 4.79 Å². The first-order chi connectivity index (χ1) is 10.6. The van der Waals surface area contributed by atoms with Crippen LogP contribution in [0.4, 0.5) is 0 Å². The van der Waals surface area contributed by atoms with Crippen LogP contribution in [-0.4, -0.2) is 19.1 Å². The van der Waals surface area contributed by atoms with E-state index in [0.717, 1.165) is 23.3 Å². The molecule has 0 atom stereocenters. The first-order valence-corrected chi connectivity index (χ1v) is 7.56. The summed E-state index contributed by atoms with van der Waals surface area (Å²) in [5.41, 5.74) is 2.73. The summed E-state index contributed by atoms with van der Waals surface area (Å²) in [7, 11) is 0. The molecule has 0 saturated heterocycles. The molecule has 1 heterocycles. The molecule has 0 fully saturated rings. The number of hydrogen-bond donors (Lipinski definition) is 1. The average molecular weight is 301 g/mol. The van der Waals surface area contributed by atoms with Crippen molar-refractivity contribution in [2.75, 3.05) is 13.2 Å². The molecule has 4 heteroatoms. The third-order valence-corrected chi connectivity index (χ3v) is 3.65. The second kappa shape index (κ2) is 7.80. The zero-order valence-corrected chi connectivity index (χ0v) is 13.4. The fraction of sp³-hybridized carbons (Fsp3) is 0.389. The van der Waals surface area contributed by atoms with Crippen molar-refractivity contribution < 1.29 is 13.9 Å². The maximum Gasteiger partial charge on any atom is 0.255 e. The van der Waals surface area contributed by atoms with Crippen molar-refractivity contribution in [3.8, 4) is 0 Å². The molecule has 0 radical (unpaired) electrons. The molecule has 0 bridgehead atoms. The van der Waals surface area contributed by atoms with E-state index in [1.807, 2.05) is 51.1 Å². The topological polar surface area (TPSA) is 51.5 Å². The van der Waals surface area contributed by atoms with Crippen LogP contribution in [0, 0.1) is 20.8 Å². The van der Waals surface area contributed by atoms with Gasteiger partial charge < -0.3 is 14.5 Å². The van der Waals surface area contributed by atoms with Gasteiger partial charge in [-0.1, -0.05) is 30.3 Å². The van der Waals surface area contributed by atoms with E-state index >= 15 is 0 Å². The van der Waals surface area contributed by atoms with Crippen LogP contribution >= 0.6 is 0 Å². The lowest BCUT2D eigenvalue weighted by Crippen LogP contribution is -2.26. The van der Waals surface area contributed by atoms with Gasteiger partial charge in [-0.15, -0.1) is 0 Å².